The minimum absolute atomic E-state index is 0. The SMILES string of the molecule is C.C.C=C[C@@H]1C[C@]1(NC(=O)[C@@H]1C[C@@H](Oc2cc(C(=O)C=[N+]=[N-])nc3cc(C)ccc23)CN1C(=O)[C@@H](NC(=O)OC1CCCC1)C(C)(C)C)C(C)=O.C=C[C@@H]1C[C@]1(NC(=O)[C@@H]1C[C@@H](Oc2cc(C(=O)CBr)nc3cc(C)ccc23)CN1C(=O)[C@@H](NC(=O)OC1CCCC1)C(C)(C)C)C(C)=O. The first-order chi connectivity index (χ1) is 45.8. The number of aryl methyl sites for hydroxylation is 2. The van der Waals surface area contributed by atoms with Crippen molar-refractivity contribution in [3.05, 3.63) is 102 Å². The van der Waals surface area contributed by atoms with Crippen LogP contribution in [0.5, 0.6) is 11.5 Å². The third kappa shape index (κ3) is 17.7. The highest BCUT2D eigenvalue weighted by Gasteiger charge is 2.60. The van der Waals surface area contributed by atoms with Crippen molar-refractivity contribution in [1.29, 1.82) is 0 Å². The first-order valence-electron chi connectivity index (χ1n) is 33.3. The second-order valence-electron chi connectivity index (χ2n) is 28.8. The number of hydrogen-bond donors (Lipinski definition) is 4. The van der Waals surface area contributed by atoms with Crippen molar-refractivity contribution < 1.29 is 71.7 Å². The fraction of sp³-hybridized carbons (Fsp3) is 0.554. The van der Waals surface area contributed by atoms with Crippen molar-refractivity contribution in [2.75, 3.05) is 18.4 Å². The standard InChI is InChI=1S/C36H45BrN4O7.C36H44N6O7.2CH4/c1-7-22-17-36(22,21(3)42)40-32(44)28-15-24(47-30-16-27(29(43)18-37)38-26-14-20(2)12-13-25(26)30)19-41(28)33(45)31(35(4,5)6)39-34(46)48-23-10-8-9-11-23;1-7-22-17-36(22,21(3)43)41-32(45)28-15-24(48-30-16-27(29(44)18-38-37)39-26-14-20(2)12-13-25(26)30)19-42(28)33(46)31(35(4,5)6)40-34(47)49-23-10-8-9-11-23;;/h7,12-14,16,22-24,28,31H,1,8-11,15,17-19H2,2-6H3,(H,39,46)(H,40,44);7,12-14,16,18,22-24,28,31H,1,8-11,15,17,19H2,2-6H3,(H,40,47)(H,41,45);2*1H4/t2*22-,24-,28+,31-,36+;;/m11../s1. The summed E-state index contributed by atoms with van der Waals surface area (Å²) in [6.07, 6.45) is 8.90. The van der Waals surface area contributed by atoms with E-state index in [0.717, 1.165) is 68.7 Å². The number of alkyl halides is 1. The van der Waals surface area contributed by atoms with E-state index < -0.39 is 99.9 Å². The lowest BCUT2D eigenvalue weighted by Crippen LogP contribution is -2.59. The average Bonchev–Trinajstić information content (AvgIpc) is 1.60. The maximum atomic E-state index is 14.4. The lowest BCUT2D eigenvalue weighted by Gasteiger charge is -2.35. The van der Waals surface area contributed by atoms with Gasteiger partial charge in [0.2, 0.25) is 23.6 Å². The number of nitrogens with one attached hydrogen (secondary N) is 4. The van der Waals surface area contributed by atoms with Gasteiger partial charge in [0, 0.05) is 47.6 Å². The van der Waals surface area contributed by atoms with Gasteiger partial charge in [-0.05, 0) is 138 Å². The Kier molecular flexibility index (Phi) is 24.8. The largest absolute Gasteiger partial charge is 0.488 e. The number of carbonyl (C=O) groups is 10. The van der Waals surface area contributed by atoms with E-state index >= 15 is 0 Å². The number of hydrogen-bond acceptors (Lipinski definition) is 16. The minimum atomic E-state index is -1.10. The lowest BCUT2D eigenvalue weighted by atomic mass is 9.85. The van der Waals surface area contributed by atoms with Gasteiger partial charge in [-0.15, -0.1) is 13.2 Å². The third-order valence-electron chi connectivity index (χ3n) is 19.4. The predicted octanol–water partition coefficient (Wildman–Crippen LogP) is 10.6. The minimum Gasteiger partial charge on any atom is -0.488 e. The molecule has 10 atom stereocenters. The zero-order valence-corrected chi connectivity index (χ0v) is 58.5. The van der Waals surface area contributed by atoms with Crippen molar-refractivity contribution in [1.82, 2.24) is 41.0 Å². The van der Waals surface area contributed by atoms with Crippen LogP contribution < -0.4 is 30.7 Å². The number of carbonyl (C=O) groups excluding carboxylic acids is 10. The molecule has 4 heterocycles. The van der Waals surface area contributed by atoms with Gasteiger partial charge in [-0.25, -0.2) is 19.6 Å². The number of rotatable bonds is 22. The van der Waals surface area contributed by atoms with Crippen molar-refractivity contribution in [2.45, 2.75) is 221 Å². The number of nitrogens with zero attached hydrogens (tertiary/aromatic N) is 6. The molecule has 4 aliphatic carbocycles. The Morgan fingerprint density at radius 2 is 1.01 bits per heavy atom. The number of fused-ring (bicyclic) bond motifs is 2. The summed E-state index contributed by atoms with van der Waals surface area (Å²) in [7, 11) is 0. The van der Waals surface area contributed by atoms with Gasteiger partial charge in [0.25, 0.3) is 5.78 Å². The van der Waals surface area contributed by atoms with Gasteiger partial charge < -0.3 is 55.5 Å². The molecule has 2 aromatic heterocycles. The van der Waals surface area contributed by atoms with Gasteiger partial charge >= 0.3 is 18.4 Å². The summed E-state index contributed by atoms with van der Waals surface area (Å²) in [4.78, 5) is 148. The van der Waals surface area contributed by atoms with Crippen LogP contribution in [-0.2, 0) is 38.2 Å². The summed E-state index contributed by atoms with van der Waals surface area (Å²) in [5, 5.41) is 12.8. The smallest absolute Gasteiger partial charge is 0.408 e. The van der Waals surface area contributed by atoms with Crippen molar-refractivity contribution in [3.63, 3.8) is 0 Å². The van der Waals surface area contributed by atoms with E-state index in [-0.39, 0.29) is 105 Å². The van der Waals surface area contributed by atoms with Crippen LogP contribution in [0.25, 0.3) is 27.3 Å². The van der Waals surface area contributed by atoms with Crippen molar-refractivity contribution in [3.8, 4) is 11.5 Å². The number of halogens is 1. The van der Waals surface area contributed by atoms with E-state index in [0.29, 0.717) is 40.4 Å². The number of alkyl carbamates (subject to hydrolysis) is 2. The van der Waals surface area contributed by atoms with Gasteiger partial charge in [-0.2, -0.15) is 4.79 Å². The normalized spacial score (nSPS) is 23.8. The van der Waals surface area contributed by atoms with E-state index in [9.17, 15) is 47.9 Å². The molecule has 4 N–H and O–H groups in total. The zero-order chi connectivity index (χ0) is 70.6. The molecule has 4 aromatic rings. The van der Waals surface area contributed by atoms with Crippen molar-refractivity contribution in [2.24, 2.45) is 22.7 Å². The summed E-state index contributed by atoms with van der Waals surface area (Å²) in [5.74, 6) is -2.97. The number of Topliss-reactive ketones (excluding diaryl/α,β-unsaturated/α-hetero) is 4. The molecular formula is C74H97BrN10O14. The van der Waals surface area contributed by atoms with Crippen LogP contribution >= 0.6 is 15.9 Å². The predicted molar refractivity (Wildman–Crippen MR) is 378 cm³/mol. The van der Waals surface area contributed by atoms with Crippen LogP contribution in [0.3, 0.4) is 0 Å². The second kappa shape index (κ2) is 31.7. The van der Waals surface area contributed by atoms with Crippen LogP contribution in [0, 0.1) is 36.5 Å². The summed E-state index contributed by atoms with van der Waals surface area (Å²) >= 11 is 3.22. The van der Waals surface area contributed by atoms with Gasteiger partial charge in [-0.3, -0.25) is 38.4 Å². The monoisotopic (exact) mass is 1430 g/mol. The molecule has 4 saturated carbocycles. The number of pyridine rings is 2. The Labute approximate surface area is 588 Å². The molecule has 0 unspecified atom stereocenters. The highest BCUT2D eigenvalue weighted by atomic mass is 79.9. The number of likely N-dealkylation sites (tertiary alicyclic amines) is 2. The summed E-state index contributed by atoms with van der Waals surface area (Å²) in [6, 6.07) is 10.0. The molecular weight excluding hydrogens is 1330 g/mol. The molecule has 2 aliphatic heterocycles. The maximum Gasteiger partial charge on any atom is 0.408 e. The zero-order valence-electron chi connectivity index (χ0n) is 56.9. The molecule has 534 valence electrons. The molecule has 2 saturated heterocycles. The average molecular weight is 1430 g/mol. The molecule has 0 bridgehead atoms. The molecule has 2 aromatic carbocycles. The van der Waals surface area contributed by atoms with E-state index in [2.05, 4.69) is 65.1 Å². The summed E-state index contributed by atoms with van der Waals surface area (Å²) in [5.41, 5.74) is 8.41. The quantitative estimate of drug-likeness (QED) is 0.0142. The third-order valence-corrected chi connectivity index (χ3v) is 19.9. The number of benzene rings is 2. The Balaban J connectivity index is 0.000000273. The molecule has 6 amide bonds. The van der Waals surface area contributed by atoms with Crippen LogP contribution in [0.4, 0.5) is 9.59 Å². The number of ketones is 4. The van der Waals surface area contributed by atoms with Crippen molar-refractivity contribution >= 4 is 103 Å². The lowest BCUT2D eigenvalue weighted by molar-refractivity contribution is -0.143. The molecule has 25 heteroatoms. The van der Waals surface area contributed by atoms with Gasteiger partial charge in [0.1, 0.15) is 82.5 Å². The van der Waals surface area contributed by atoms with E-state index in [4.69, 9.17) is 24.5 Å². The summed E-state index contributed by atoms with van der Waals surface area (Å²) in [6.45, 7) is 25.2. The van der Waals surface area contributed by atoms with E-state index in [1.165, 1.54) is 29.7 Å². The fourth-order valence-corrected chi connectivity index (χ4v) is 13.9. The number of aromatic nitrogens is 2. The van der Waals surface area contributed by atoms with Gasteiger partial charge in [-0.1, -0.05) is 96.6 Å². The molecule has 10 rings (SSSR count). The molecule has 6 aliphatic rings. The Morgan fingerprint density at radius 3 is 1.35 bits per heavy atom. The van der Waals surface area contributed by atoms with E-state index in [1.54, 1.807) is 30.4 Å². The Morgan fingerprint density at radius 1 is 0.626 bits per heavy atom. The molecule has 24 nitrogen and oxygen atoms in total. The number of ether oxygens (including phenoxy) is 4. The van der Waals surface area contributed by atoms with Crippen LogP contribution in [0.15, 0.2) is 73.8 Å². The topological polar surface area (TPSA) is 324 Å². The molecule has 0 spiro atoms. The summed E-state index contributed by atoms with van der Waals surface area (Å²) < 4.78 is 24.2. The molecule has 99 heavy (non-hydrogen) atoms. The highest BCUT2D eigenvalue weighted by molar-refractivity contribution is 9.09. The van der Waals surface area contributed by atoms with Gasteiger partial charge in [0.15, 0.2) is 17.3 Å². The van der Waals surface area contributed by atoms with E-state index in [1.807, 2.05) is 79.7 Å². The first kappa shape index (κ1) is 77.6. The highest BCUT2D eigenvalue weighted by Crippen LogP contribution is 2.47. The molecule has 0 radical (unpaired) electrons. The molecule has 6 fully saturated rings. The maximum absolute atomic E-state index is 14.4. The number of amides is 6. The first-order valence-corrected chi connectivity index (χ1v) is 34.4. The van der Waals surface area contributed by atoms with Gasteiger partial charge in [0.05, 0.1) is 29.5 Å². The van der Waals surface area contributed by atoms with Crippen LogP contribution in [0.2, 0.25) is 0 Å². The van der Waals surface area contributed by atoms with Crippen LogP contribution in [-0.4, -0.2) is 168 Å². The van der Waals surface area contributed by atoms with Crippen LogP contribution in [0.1, 0.15) is 179 Å². The second-order valence-corrected chi connectivity index (χ2v) is 29.4. The Bertz CT molecular complexity index is 3870. The fourth-order valence-electron chi connectivity index (χ4n) is 13.6. The Hall–Kier alpha value is -8.70.